The van der Waals surface area contributed by atoms with Crippen molar-refractivity contribution in [2.24, 2.45) is 0 Å². The summed E-state index contributed by atoms with van der Waals surface area (Å²) in [7, 11) is 1.65. The van der Waals surface area contributed by atoms with Crippen molar-refractivity contribution in [2.45, 2.75) is 30.6 Å². The first-order valence-corrected chi connectivity index (χ1v) is 8.29. The third kappa shape index (κ3) is 3.44. The smallest absolute Gasteiger partial charge is 0.234 e. The van der Waals surface area contributed by atoms with Crippen molar-refractivity contribution in [1.29, 1.82) is 0 Å². The van der Waals surface area contributed by atoms with Crippen molar-refractivity contribution < 1.29 is 14.1 Å². The number of hydrogen-bond donors (Lipinski definition) is 1. The Morgan fingerprint density at radius 1 is 1.36 bits per heavy atom. The number of aryl methyl sites for hydroxylation is 1. The summed E-state index contributed by atoms with van der Waals surface area (Å²) in [6, 6.07) is 7.82. The third-order valence-electron chi connectivity index (χ3n) is 3.62. The summed E-state index contributed by atoms with van der Waals surface area (Å²) in [6.07, 6.45) is 3.41. The molecule has 0 saturated heterocycles. The number of hydrogen-bond acceptors (Lipinski definition) is 5. The predicted molar refractivity (Wildman–Crippen MR) is 85.5 cm³/mol. The number of benzene rings is 1. The van der Waals surface area contributed by atoms with Crippen LogP contribution in [0.15, 0.2) is 33.7 Å². The van der Waals surface area contributed by atoms with Crippen LogP contribution in [0.25, 0.3) is 0 Å². The fourth-order valence-corrected chi connectivity index (χ4v) is 3.30. The van der Waals surface area contributed by atoms with Gasteiger partial charge in [-0.15, -0.1) is 11.8 Å². The number of carbonyl (C=O) groups is 1. The van der Waals surface area contributed by atoms with E-state index in [9.17, 15) is 4.79 Å². The summed E-state index contributed by atoms with van der Waals surface area (Å²) < 4.78 is 10.3. The van der Waals surface area contributed by atoms with Gasteiger partial charge in [-0.2, -0.15) is 0 Å². The van der Waals surface area contributed by atoms with Gasteiger partial charge in [0.1, 0.15) is 5.75 Å². The maximum atomic E-state index is 12.0. The Kier molecular flexibility index (Phi) is 4.68. The third-order valence-corrected chi connectivity index (χ3v) is 4.63. The number of rotatable bonds is 6. The summed E-state index contributed by atoms with van der Waals surface area (Å²) in [5, 5.41) is 6.81. The Balaban J connectivity index is 1.46. The van der Waals surface area contributed by atoms with Gasteiger partial charge in [0.2, 0.25) is 11.8 Å². The molecule has 1 heterocycles. The zero-order chi connectivity index (χ0) is 15.4. The van der Waals surface area contributed by atoms with Crippen molar-refractivity contribution in [3.63, 3.8) is 0 Å². The van der Waals surface area contributed by atoms with Gasteiger partial charge in [0.25, 0.3) is 0 Å². The highest BCUT2D eigenvalue weighted by molar-refractivity contribution is 7.99. The van der Waals surface area contributed by atoms with Crippen LogP contribution in [0.2, 0.25) is 0 Å². The molecule has 116 valence electrons. The zero-order valence-corrected chi connectivity index (χ0v) is 13.2. The summed E-state index contributed by atoms with van der Waals surface area (Å²) in [5.74, 6) is 2.05. The average Bonchev–Trinajstić information content (AvgIpc) is 3.13. The molecule has 0 aliphatic heterocycles. The number of aromatic nitrogens is 1. The van der Waals surface area contributed by atoms with E-state index in [4.69, 9.17) is 9.26 Å². The van der Waals surface area contributed by atoms with Gasteiger partial charge in [0, 0.05) is 22.6 Å². The quantitative estimate of drug-likeness (QED) is 0.828. The van der Waals surface area contributed by atoms with E-state index in [-0.39, 0.29) is 5.91 Å². The molecule has 0 atom stereocenters. The maximum Gasteiger partial charge on any atom is 0.234 e. The van der Waals surface area contributed by atoms with Crippen LogP contribution >= 0.6 is 11.8 Å². The molecule has 1 N–H and O–H groups in total. The summed E-state index contributed by atoms with van der Waals surface area (Å²) in [4.78, 5) is 13.1. The number of nitrogens with one attached hydrogen (secondary N) is 1. The fraction of sp³-hybridized carbons (Fsp3) is 0.375. The number of thioether (sulfide) groups is 1. The average molecular weight is 318 g/mol. The van der Waals surface area contributed by atoms with Crippen LogP contribution < -0.4 is 10.1 Å². The van der Waals surface area contributed by atoms with Gasteiger partial charge >= 0.3 is 0 Å². The van der Waals surface area contributed by atoms with Gasteiger partial charge in [-0.1, -0.05) is 5.16 Å². The molecule has 1 aromatic carbocycles. The van der Waals surface area contributed by atoms with E-state index >= 15 is 0 Å². The lowest BCUT2D eigenvalue weighted by Crippen LogP contribution is -2.12. The van der Waals surface area contributed by atoms with E-state index in [1.54, 1.807) is 18.9 Å². The number of ether oxygens (including phenoxy) is 1. The lowest BCUT2D eigenvalue weighted by molar-refractivity contribution is -0.115. The van der Waals surface area contributed by atoms with E-state index < -0.39 is 0 Å². The maximum absolute atomic E-state index is 12.0. The largest absolute Gasteiger partial charge is 0.497 e. The van der Waals surface area contributed by atoms with Gasteiger partial charge in [-0.25, -0.2) is 0 Å². The van der Waals surface area contributed by atoms with Crippen molar-refractivity contribution in [3.05, 3.63) is 35.5 Å². The monoisotopic (exact) mass is 318 g/mol. The molecule has 1 aliphatic carbocycles. The molecule has 0 unspecified atom stereocenters. The SMILES string of the molecule is COc1ccc(SCCC(=O)Nc2onc3c2CCC3)cc1. The predicted octanol–water partition coefficient (Wildman–Crippen LogP) is 3.29. The molecule has 0 bridgehead atoms. The minimum Gasteiger partial charge on any atom is -0.497 e. The number of anilines is 1. The van der Waals surface area contributed by atoms with Gasteiger partial charge in [0.15, 0.2) is 0 Å². The second kappa shape index (κ2) is 6.87. The van der Waals surface area contributed by atoms with Gasteiger partial charge in [-0.05, 0) is 43.5 Å². The minimum absolute atomic E-state index is 0.0353. The van der Waals surface area contributed by atoms with Crippen molar-refractivity contribution in [2.75, 3.05) is 18.2 Å². The van der Waals surface area contributed by atoms with Crippen LogP contribution in [0.3, 0.4) is 0 Å². The first-order valence-electron chi connectivity index (χ1n) is 7.30. The molecular formula is C16H18N2O3S. The topological polar surface area (TPSA) is 64.4 Å². The van der Waals surface area contributed by atoms with Crippen LogP contribution in [-0.4, -0.2) is 23.9 Å². The Bertz CT molecular complexity index is 652. The Morgan fingerprint density at radius 3 is 2.95 bits per heavy atom. The number of fused-ring (bicyclic) bond motifs is 1. The number of carbonyl (C=O) groups excluding carboxylic acids is 1. The minimum atomic E-state index is -0.0353. The van der Waals surface area contributed by atoms with Crippen molar-refractivity contribution >= 4 is 23.6 Å². The van der Waals surface area contributed by atoms with Crippen molar-refractivity contribution in [3.8, 4) is 5.75 Å². The van der Waals surface area contributed by atoms with E-state index in [1.807, 2.05) is 24.3 Å². The number of amides is 1. The van der Waals surface area contributed by atoms with Gasteiger partial charge < -0.3 is 9.26 Å². The Labute approximate surface area is 133 Å². The molecule has 0 fully saturated rings. The van der Waals surface area contributed by atoms with Gasteiger partial charge in [0.05, 0.1) is 12.8 Å². The summed E-state index contributed by atoms with van der Waals surface area (Å²) in [6.45, 7) is 0. The van der Waals surface area contributed by atoms with E-state index in [1.165, 1.54) is 0 Å². The molecule has 1 aromatic heterocycles. The van der Waals surface area contributed by atoms with E-state index in [0.717, 1.165) is 41.2 Å². The molecule has 0 spiro atoms. The second-order valence-corrected chi connectivity index (χ2v) is 6.28. The molecule has 1 aliphatic rings. The van der Waals surface area contributed by atoms with Gasteiger partial charge in [-0.3, -0.25) is 10.1 Å². The van der Waals surface area contributed by atoms with Crippen molar-refractivity contribution in [1.82, 2.24) is 5.16 Å². The summed E-state index contributed by atoms with van der Waals surface area (Å²) >= 11 is 1.64. The highest BCUT2D eigenvalue weighted by Gasteiger charge is 2.22. The molecule has 6 heteroatoms. The highest BCUT2D eigenvalue weighted by atomic mass is 32.2. The normalized spacial score (nSPS) is 13.0. The molecular weight excluding hydrogens is 300 g/mol. The number of methoxy groups -OCH3 is 1. The first kappa shape index (κ1) is 15.0. The standard InChI is InChI=1S/C16H18N2O3S/c1-20-11-5-7-12(8-6-11)22-10-9-15(19)17-16-13-3-2-4-14(13)18-21-16/h5-8H,2-4,9-10H2,1H3,(H,17,19). The van der Waals surface area contributed by atoms with Crippen LogP contribution in [0, 0.1) is 0 Å². The second-order valence-electron chi connectivity index (χ2n) is 5.11. The van der Waals surface area contributed by atoms with E-state index in [2.05, 4.69) is 10.5 Å². The molecule has 3 rings (SSSR count). The molecule has 0 radical (unpaired) electrons. The fourth-order valence-electron chi connectivity index (χ4n) is 2.45. The lowest BCUT2D eigenvalue weighted by atomic mass is 10.2. The zero-order valence-electron chi connectivity index (χ0n) is 12.4. The first-order chi connectivity index (χ1) is 10.8. The van der Waals surface area contributed by atoms with Crippen LogP contribution in [0.4, 0.5) is 5.88 Å². The summed E-state index contributed by atoms with van der Waals surface area (Å²) in [5.41, 5.74) is 2.05. The Hall–Kier alpha value is -1.95. The molecule has 5 nitrogen and oxygen atoms in total. The van der Waals surface area contributed by atoms with E-state index in [0.29, 0.717) is 18.1 Å². The van der Waals surface area contributed by atoms with Crippen LogP contribution in [0.1, 0.15) is 24.1 Å². The molecule has 0 saturated carbocycles. The van der Waals surface area contributed by atoms with Crippen LogP contribution in [0.5, 0.6) is 5.75 Å². The Morgan fingerprint density at radius 2 is 2.18 bits per heavy atom. The molecule has 1 amide bonds. The number of nitrogens with zero attached hydrogens (tertiary/aromatic N) is 1. The highest BCUT2D eigenvalue weighted by Crippen LogP contribution is 2.28. The molecule has 22 heavy (non-hydrogen) atoms. The molecule has 2 aromatic rings. The van der Waals surface area contributed by atoms with Crippen LogP contribution in [-0.2, 0) is 17.6 Å². The lowest BCUT2D eigenvalue weighted by Gasteiger charge is -2.04.